The zero-order chi connectivity index (χ0) is 3.54. The minimum absolute atomic E-state index is 0.932. The summed E-state index contributed by atoms with van der Waals surface area (Å²) in [6.07, 6.45) is 2.06. The van der Waals surface area contributed by atoms with Crippen molar-refractivity contribution in [2.75, 3.05) is 6.54 Å². The first-order valence-electron chi connectivity index (χ1n) is 1.52. The highest BCUT2D eigenvalue weighted by molar-refractivity contribution is 7.31. The molecule has 0 bridgehead atoms. The summed E-state index contributed by atoms with van der Waals surface area (Å²) in [6, 6.07) is 0. The zero-order valence-electron chi connectivity index (χ0n) is 2.76. The van der Waals surface area contributed by atoms with Gasteiger partial charge in [0.2, 0.25) is 0 Å². The maximum atomic E-state index is 3.94. The van der Waals surface area contributed by atoms with Crippen LogP contribution in [0.5, 0.6) is 0 Å². The molecule has 0 saturated heterocycles. The SMILES string of the molecule is C1=CP=NC1. The fourth-order valence-corrected chi connectivity index (χ4v) is 0.707. The van der Waals surface area contributed by atoms with Crippen molar-refractivity contribution in [2.24, 2.45) is 4.74 Å². The second-order valence-electron chi connectivity index (χ2n) is 0.824. The Labute approximate surface area is 32.6 Å². The molecule has 2 heteroatoms. The van der Waals surface area contributed by atoms with Gasteiger partial charge in [0, 0.05) is 8.37 Å². The standard InChI is InChI=1S/C3H4NP/c1-2-4-5-3-1/h1,3H,2H2. The van der Waals surface area contributed by atoms with Crippen molar-refractivity contribution < 1.29 is 0 Å². The van der Waals surface area contributed by atoms with Crippen LogP contribution in [0.4, 0.5) is 0 Å². The highest BCUT2D eigenvalue weighted by Gasteiger charge is 1.73. The molecule has 0 saturated carbocycles. The second-order valence-corrected chi connectivity index (χ2v) is 1.64. The Balaban J connectivity index is 2.61. The molecule has 5 heavy (non-hydrogen) atoms. The molecule has 0 spiro atoms. The van der Waals surface area contributed by atoms with Crippen LogP contribution in [0.15, 0.2) is 16.6 Å². The number of hydrogen-bond donors (Lipinski definition) is 0. The van der Waals surface area contributed by atoms with E-state index in [1.54, 1.807) is 0 Å². The molecule has 1 aliphatic rings. The molecule has 0 unspecified atom stereocenters. The Morgan fingerprint density at radius 2 is 2.80 bits per heavy atom. The van der Waals surface area contributed by atoms with E-state index in [0.717, 1.165) is 14.9 Å². The number of rotatable bonds is 0. The van der Waals surface area contributed by atoms with Crippen molar-refractivity contribution in [3.63, 3.8) is 0 Å². The highest BCUT2D eigenvalue weighted by Crippen LogP contribution is 2.06. The minimum atomic E-state index is 0.932. The van der Waals surface area contributed by atoms with Gasteiger partial charge in [-0.1, -0.05) is 6.08 Å². The average molecular weight is 85.0 g/mol. The van der Waals surface area contributed by atoms with Crippen LogP contribution in [0.2, 0.25) is 0 Å². The van der Waals surface area contributed by atoms with Crippen molar-refractivity contribution in [1.82, 2.24) is 0 Å². The van der Waals surface area contributed by atoms with Gasteiger partial charge in [-0.25, -0.2) is 0 Å². The predicted octanol–water partition coefficient (Wildman–Crippen LogP) is 1.64. The van der Waals surface area contributed by atoms with E-state index < -0.39 is 0 Å². The first-order valence-corrected chi connectivity index (χ1v) is 2.43. The molecule has 0 fully saturated rings. The monoisotopic (exact) mass is 85.0 g/mol. The van der Waals surface area contributed by atoms with Crippen LogP contribution in [0.1, 0.15) is 0 Å². The molecule has 0 amide bonds. The zero-order valence-corrected chi connectivity index (χ0v) is 3.65. The van der Waals surface area contributed by atoms with Crippen LogP contribution in [-0.2, 0) is 0 Å². The van der Waals surface area contributed by atoms with Crippen LogP contribution in [0.25, 0.3) is 0 Å². The van der Waals surface area contributed by atoms with Gasteiger partial charge < -0.3 is 0 Å². The van der Waals surface area contributed by atoms with Gasteiger partial charge in [-0.3, -0.25) is 4.74 Å². The fraction of sp³-hybridized carbons (Fsp3) is 0.333. The molecule has 0 aromatic heterocycles. The van der Waals surface area contributed by atoms with E-state index in [2.05, 4.69) is 10.8 Å². The lowest BCUT2D eigenvalue weighted by Gasteiger charge is -1.58. The van der Waals surface area contributed by atoms with Gasteiger partial charge in [0.05, 0.1) is 6.54 Å². The van der Waals surface area contributed by atoms with Crippen molar-refractivity contribution in [1.29, 1.82) is 0 Å². The van der Waals surface area contributed by atoms with Crippen LogP contribution >= 0.6 is 8.37 Å². The first kappa shape index (κ1) is 3.05. The minimum Gasteiger partial charge on any atom is -0.260 e. The Morgan fingerprint density at radius 1 is 1.80 bits per heavy atom. The van der Waals surface area contributed by atoms with Crippen LogP contribution in [0, 0.1) is 0 Å². The van der Waals surface area contributed by atoms with Gasteiger partial charge in [0.1, 0.15) is 0 Å². The third-order valence-corrected chi connectivity index (χ3v) is 1.11. The number of nitrogens with zero attached hydrogens (tertiary/aromatic N) is 1. The lowest BCUT2D eigenvalue weighted by Crippen LogP contribution is -1.52. The first-order chi connectivity index (χ1) is 2.50. The predicted molar refractivity (Wildman–Crippen MR) is 23.4 cm³/mol. The Hall–Kier alpha value is -0.160. The summed E-state index contributed by atoms with van der Waals surface area (Å²) in [6.45, 7) is 0.932. The molecule has 1 nitrogen and oxygen atoms in total. The molecule has 0 aliphatic carbocycles. The summed E-state index contributed by atoms with van der Waals surface area (Å²) >= 11 is 0. The molecule has 1 heterocycles. The highest BCUT2D eigenvalue weighted by atomic mass is 31.1. The van der Waals surface area contributed by atoms with Crippen LogP contribution in [0.3, 0.4) is 0 Å². The third kappa shape index (κ3) is 0.555. The molecular formula is C3H4NP. The van der Waals surface area contributed by atoms with E-state index in [0.29, 0.717) is 0 Å². The normalized spacial score (nSPS) is 20.8. The second kappa shape index (κ2) is 1.32. The van der Waals surface area contributed by atoms with Gasteiger partial charge in [0.25, 0.3) is 0 Å². The molecule has 1 aliphatic heterocycles. The van der Waals surface area contributed by atoms with Gasteiger partial charge in [-0.2, -0.15) is 0 Å². The van der Waals surface area contributed by atoms with E-state index in [9.17, 15) is 0 Å². The Morgan fingerprint density at radius 3 is 3.00 bits per heavy atom. The van der Waals surface area contributed by atoms with Gasteiger partial charge in [-0.15, -0.1) is 0 Å². The molecule has 0 atom stereocenters. The Bertz CT molecular complexity index is 65.0. The molecule has 0 aromatic carbocycles. The molecule has 0 N–H and O–H groups in total. The lowest BCUT2D eigenvalue weighted by molar-refractivity contribution is 1.31. The molecular weight excluding hydrogens is 81.0 g/mol. The molecule has 0 radical (unpaired) electrons. The maximum absolute atomic E-state index is 3.94. The van der Waals surface area contributed by atoms with Crippen LogP contribution < -0.4 is 0 Å². The number of hydrogen-bond acceptors (Lipinski definition) is 1. The molecule has 0 aromatic rings. The summed E-state index contributed by atoms with van der Waals surface area (Å²) in [7, 11) is 1.14. The third-order valence-electron chi connectivity index (χ3n) is 0.441. The van der Waals surface area contributed by atoms with Crippen molar-refractivity contribution in [3.05, 3.63) is 11.9 Å². The van der Waals surface area contributed by atoms with E-state index in [1.807, 2.05) is 5.82 Å². The largest absolute Gasteiger partial charge is 0.260 e. The molecule has 26 valence electrons. The summed E-state index contributed by atoms with van der Waals surface area (Å²) in [5.74, 6) is 2.04. The smallest absolute Gasteiger partial charge is 0.0624 e. The summed E-state index contributed by atoms with van der Waals surface area (Å²) in [5.41, 5.74) is 0. The Kier molecular flexibility index (Phi) is 0.806. The van der Waals surface area contributed by atoms with Crippen molar-refractivity contribution in [3.8, 4) is 0 Å². The fourth-order valence-electron chi connectivity index (χ4n) is 0.236. The van der Waals surface area contributed by atoms with E-state index >= 15 is 0 Å². The van der Waals surface area contributed by atoms with Gasteiger partial charge in [-0.05, 0) is 5.82 Å². The maximum Gasteiger partial charge on any atom is 0.0624 e. The topological polar surface area (TPSA) is 12.4 Å². The van der Waals surface area contributed by atoms with Gasteiger partial charge >= 0.3 is 0 Å². The van der Waals surface area contributed by atoms with Crippen molar-refractivity contribution >= 4 is 8.37 Å². The average Bonchev–Trinajstić information content (AvgIpc) is 1.76. The summed E-state index contributed by atoms with van der Waals surface area (Å²) in [4.78, 5) is 0. The summed E-state index contributed by atoms with van der Waals surface area (Å²) in [5, 5.41) is 0. The lowest BCUT2D eigenvalue weighted by atomic mass is 10.7. The molecule has 1 rings (SSSR count). The van der Waals surface area contributed by atoms with Gasteiger partial charge in [0.15, 0.2) is 0 Å². The quantitative estimate of drug-likeness (QED) is 0.396. The van der Waals surface area contributed by atoms with E-state index in [4.69, 9.17) is 0 Å². The van der Waals surface area contributed by atoms with E-state index in [1.165, 1.54) is 0 Å². The summed E-state index contributed by atoms with van der Waals surface area (Å²) < 4.78 is 3.94. The van der Waals surface area contributed by atoms with Crippen molar-refractivity contribution in [2.45, 2.75) is 0 Å². The van der Waals surface area contributed by atoms with Crippen LogP contribution in [-0.4, -0.2) is 6.54 Å². The van der Waals surface area contributed by atoms with E-state index in [-0.39, 0.29) is 0 Å².